The van der Waals surface area contributed by atoms with Gasteiger partial charge in [-0.1, -0.05) is 44.2 Å². The predicted octanol–water partition coefficient (Wildman–Crippen LogP) is 4.24. The normalized spacial score (nSPS) is 30.7. The van der Waals surface area contributed by atoms with Gasteiger partial charge in [-0.3, -0.25) is 19.4 Å². The van der Waals surface area contributed by atoms with Crippen molar-refractivity contribution in [2.75, 3.05) is 13.1 Å². The fraction of sp³-hybridized carbons (Fsp3) is 0.679. The van der Waals surface area contributed by atoms with E-state index in [2.05, 4.69) is 15.5 Å². The Morgan fingerprint density at radius 1 is 1.03 bits per heavy atom. The number of halogens is 2. The lowest BCUT2D eigenvalue weighted by Gasteiger charge is -2.44. The first kappa shape index (κ1) is 26.1. The fourth-order valence-corrected chi connectivity index (χ4v) is 6.85. The molecule has 3 saturated heterocycles. The molecule has 3 heterocycles. The molecule has 1 aromatic carbocycles. The number of nitrogens with zero attached hydrogens (tertiary/aromatic N) is 2. The molecule has 2 bridgehead atoms. The van der Waals surface area contributed by atoms with E-state index in [1.807, 2.05) is 44.2 Å². The van der Waals surface area contributed by atoms with Crippen molar-refractivity contribution in [1.82, 2.24) is 20.4 Å². The van der Waals surface area contributed by atoms with E-state index < -0.39 is 17.4 Å². The van der Waals surface area contributed by atoms with Gasteiger partial charge in [0.1, 0.15) is 5.54 Å². The first-order chi connectivity index (χ1) is 17.6. The third kappa shape index (κ3) is 5.24. The number of hydrogen-bond donors (Lipinski definition) is 2. The number of rotatable bonds is 7. The molecule has 1 spiro atoms. The van der Waals surface area contributed by atoms with Crippen LogP contribution in [0.2, 0.25) is 0 Å². The van der Waals surface area contributed by atoms with Crippen LogP contribution in [-0.2, 0) is 9.59 Å². The summed E-state index contributed by atoms with van der Waals surface area (Å²) >= 11 is 0. The molecule has 37 heavy (non-hydrogen) atoms. The van der Waals surface area contributed by atoms with Crippen molar-refractivity contribution in [1.29, 1.82) is 0 Å². The van der Waals surface area contributed by atoms with Crippen LogP contribution < -0.4 is 10.6 Å². The van der Waals surface area contributed by atoms with Crippen LogP contribution in [0.25, 0.3) is 0 Å². The summed E-state index contributed by atoms with van der Waals surface area (Å²) in [6, 6.07) is 9.44. The topological polar surface area (TPSA) is 81.8 Å². The summed E-state index contributed by atoms with van der Waals surface area (Å²) in [5.41, 5.74) is 0.137. The Labute approximate surface area is 217 Å². The first-order valence-electron chi connectivity index (χ1n) is 13.7. The molecule has 0 aromatic heterocycles. The van der Waals surface area contributed by atoms with Gasteiger partial charge >= 0.3 is 6.03 Å². The van der Waals surface area contributed by atoms with Gasteiger partial charge in [0.05, 0.1) is 6.04 Å². The van der Waals surface area contributed by atoms with Crippen molar-refractivity contribution in [3.05, 3.63) is 35.9 Å². The summed E-state index contributed by atoms with van der Waals surface area (Å²) in [6.07, 6.45) is 2.92. The molecule has 2 N–H and O–H groups in total. The van der Waals surface area contributed by atoms with Crippen LogP contribution in [0.1, 0.15) is 76.8 Å². The van der Waals surface area contributed by atoms with Gasteiger partial charge in [-0.05, 0) is 50.0 Å². The highest BCUT2D eigenvalue weighted by Gasteiger charge is 2.58. The summed E-state index contributed by atoms with van der Waals surface area (Å²) in [5.74, 6) is -3.13. The molecule has 4 fully saturated rings. The first-order valence-corrected chi connectivity index (χ1v) is 13.7. The Balaban J connectivity index is 1.29. The smallest absolute Gasteiger partial charge is 0.325 e. The molecule has 0 radical (unpaired) electrons. The minimum atomic E-state index is -2.67. The Morgan fingerprint density at radius 3 is 2.24 bits per heavy atom. The third-order valence-electron chi connectivity index (χ3n) is 8.73. The molecule has 2 unspecified atom stereocenters. The second kappa shape index (κ2) is 9.97. The molecular formula is C28H38F2N4O3. The van der Waals surface area contributed by atoms with E-state index in [9.17, 15) is 23.2 Å². The van der Waals surface area contributed by atoms with Gasteiger partial charge in [0.15, 0.2) is 0 Å². The molecule has 5 rings (SSSR count). The number of alkyl halides is 2. The number of fused-ring (bicyclic) bond motifs is 2. The van der Waals surface area contributed by atoms with E-state index in [1.165, 1.54) is 4.90 Å². The monoisotopic (exact) mass is 516 g/mol. The van der Waals surface area contributed by atoms with E-state index in [4.69, 9.17) is 0 Å². The number of carbonyl (C=O) groups is 3. The van der Waals surface area contributed by atoms with Crippen molar-refractivity contribution in [3.8, 4) is 0 Å². The number of imide groups is 1. The molecule has 4 amide bonds. The summed E-state index contributed by atoms with van der Waals surface area (Å²) in [5, 5.41) is 6.22. The summed E-state index contributed by atoms with van der Waals surface area (Å²) in [7, 11) is 0. The maximum absolute atomic E-state index is 13.6. The van der Waals surface area contributed by atoms with Crippen LogP contribution in [0.4, 0.5) is 13.6 Å². The number of urea groups is 1. The number of piperidine rings is 1. The van der Waals surface area contributed by atoms with Gasteiger partial charge in [-0.15, -0.1) is 0 Å². The lowest BCUT2D eigenvalue weighted by Crippen LogP contribution is -2.60. The molecule has 7 nitrogen and oxygen atoms in total. The van der Waals surface area contributed by atoms with E-state index >= 15 is 0 Å². The molecule has 9 heteroatoms. The standard InChI is InChI=1S/C28H38F2N4O3/c1-18(2)16-34-25(36)27(32-26(34)37)14-21-8-9-22(15-27)33(21)17-23(19-6-4-3-5-7-19)31-24(35)20-10-12-28(29,30)13-11-20/h3-7,18,20-23H,8-17H2,1-2H3,(H,31,35)(H,32,37)/t21?,22?,23-,27?/m0/s1. The van der Waals surface area contributed by atoms with Crippen LogP contribution in [0.5, 0.6) is 0 Å². The summed E-state index contributed by atoms with van der Waals surface area (Å²) in [6.45, 7) is 4.99. The molecule has 1 saturated carbocycles. The average Bonchev–Trinajstić information content (AvgIpc) is 3.21. The molecule has 3 atom stereocenters. The van der Waals surface area contributed by atoms with Crippen LogP contribution in [0, 0.1) is 11.8 Å². The minimum absolute atomic E-state index is 0.107. The van der Waals surface area contributed by atoms with Gasteiger partial charge in [-0.2, -0.15) is 0 Å². The lowest BCUT2D eigenvalue weighted by atomic mass is 9.82. The predicted molar refractivity (Wildman–Crippen MR) is 135 cm³/mol. The Bertz CT molecular complexity index is 1010. The van der Waals surface area contributed by atoms with Crippen LogP contribution in [0.3, 0.4) is 0 Å². The van der Waals surface area contributed by atoms with Crippen LogP contribution in [-0.4, -0.2) is 64.3 Å². The molecule has 1 aromatic rings. The van der Waals surface area contributed by atoms with E-state index in [0.717, 1.165) is 18.4 Å². The maximum atomic E-state index is 13.6. The maximum Gasteiger partial charge on any atom is 0.325 e. The number of nitrogens with one attached hydrogen (secondary N) is 2. The van der Waals surface area contributed by atoms with Crippen LogP contribution >= 0.6 is 0 Å². The quantitative estimate of drug-likeness (QED) is 0.531. The molecular weight excluding hydrogens is 478 g/mol. The molecule has 4 aliphatic rings. The third-order valence-corrected chi connectivity index (χ3v) is 8.73. The Morgan fingerprint density at radius 2 is 1.65 bits per heavy atom. The van der Waals surface area contributed by atoms with E-state index in [1.54, 1.807) is 0 Å². The van der Waals surface area contributed by atoms with Gasteiger partial charge < -0.3 is 10.6 Å². The summed E-state index contributed by atoms with van der Waals surface area (Å²) < 4.78 is 27.3. The Kier molecular flexibility index (Phi) is 7.02. The summed E-state index contributed by atoms with van der Waals surface area (Å²) in [4.78, 5) is 43.0. The highest BCUT2D eigenvalue weighted by molar-refractivity contribution is 6.07. The largest absolute Gasteiger partial charge is 0.348 e. The van der Waals surface area contributed by atoms with Crippen molar-refractivity contribution in [2.24, 2.45) is 11.8 Å². The highest BCUT2D eigenvalue weighted by Crippen LogP contribution is 2.44. The number of benzene rings is 1. The zero-order valence-electron chi connectivity index (χ0n) is 21.7. The lowest BCUT2D eigenvalue weighted by molar-refractivity contribution is -0.134. The highest BCUT2D eigenvalue weighted by atomic mass is 19.3. The zero-order valence-corrected chi connectivity index (χ0v) is 21.7. The number of hydrogen-bond acceptors (Lipinski definition) is 4. The molecule has 1 aliphatic carbocycles. The van der Waals surface area contributed by atoms with Gasteiger partial charge in [0.25, 0.3) is 5.91 Å². The second-order valence-electron chi connectivity index (χ2n) is 11.9. The fourth-order valence-electron chi connectivity index (χ4n) is 6.85. The molecule has 3 aliphatic heterocycles. The SMILES string of the molecule is CC(C)CN1C(=O)NC2(CC3CCC(C2)N3C[C@H](NC(=O)C2CCC(F)(F)CC2)c2ccccc2)C1=O. The number of carbonyl (C=O) groups excluding carboxylic acids is 3. The van der Waals surface area contributed by atoms with Crippen molar-refractivity contribution >= 4 is 17.8 Å². The van der Waals surface area contributed by atoms with Gasteiger partial charge in [0, 0.05) is 43.9 Å². The van der Waals surface area contributed by atoms with Crippen molar-refractivity contribution < 1.29 is 23.2 Å². The van der Waals surface area contributed by atoms with Crippen molar-refractivity contribution in [2.45, 2.75) is 94.8 Å². The van der Waals surface area contributed by atoms with Gasteiger partial charge in [0.2, 0.25) is 11.8 Å². The van der Waals surface area contributed by atoms with Crippen LogP contribution in [0.15, 0.2) is 30.3 Å². The van der Waals surface area contributed by atoms with Crippen molar-refractivity contribution in [3.63, 3.8) is 0 Å². The van der Waals surface area contributed by atoms with E-state index in [-0.39, 0.29) is 67.6 Å². The minimum Gasteiger partial charge on any atom is -0.348 e. The zero-order chi connectivity index (χ0) is 26.4. The molecule has 202 valence electrons. The number of amides is 4. The second-order valence-corrected chi connectivity index (χ2v) is 11.9. The average molecular weight is 517 g/mol. The Hall–Kier alpha value is -2.55. The van der Waals surface area contributed by atoms with Gasteiger partial charge in [-0.25, -0.2) is 13.6 Å². The van der Waals surface area contributed by atoms with E-state index in [0.29, 0.717) is 25.9 Å².